The molecular formula is C17H23N3O2S. The topological polar surface area (TPSA) is 55.2 Å². The monoisotopic (exact) mass is 333 g/mol. The van der Waals surface area contributed by atoms with Crippen LogP contribution in [0.1, 0.15) is 20.8 Å². The van der Waals surface area contributed by atoms with E-state index in [1.807, 2.05) is 60.8 Å². The Morgan fingerprint density at radius 1 is 1.30 bits per heavy atom. The number of aromatic nitrogens is 2. The van der Waals surface area contributed by atoms with Crippen LogP contribution in [0.25, 0.3) is 10.9 Å². The Bertz CT molecular complexity index is 728. The molecule has 2 aromatic rings. The molecule has 3 atom stereocenters. The van der Waals surface area contributed by atoms with Crippen LogP contribution in [0.3, 0.4) is 0 Å². The van der Waals surface area contributed by atoms with Crippen LogP contribution >= 0.6 is 0 Å². The van der Waals surface area contributed by atoms with E-state index in [1.165, 1.54) is 0 Å². The number of carbonyl (C=O) groups excluding carboxylic acids is 1. The minimum atomic E-state index is -0.842. The van der Waals surface area contributed by atoms with E-state index in [2.05, 4.69) is 5.10 Å². The second-order valence-corrected chi connectivity index (χ2v) is 8.75. The number of hydrogen-bond acceptors (Lipinski definition) is 3. The predicted molar refractivity (Wildman–Crippen MR) is 92.5 cm³/mol. The molecule has 0 spiro atoms. The first-order valence-electron chi connectivity index (χ1n) is 8.06. The summed E-state index contributed by atoms with van der Waals surface area (Å²) in [4.78, 5) is 14.6. The Hall–Kier alpha value is -1.69. The Morgan fingerprint density at radius 2 is 1.96 bits per heavy atom. The molecular weight excluding hydrogens is 310 g/mol. The van der Waals surface area contributed by atoms with Crippen molar-refractivity contribution in [2.45, 2.75) is 37.8 Å². The van der Waals surface area contributed by atoms with E-state index in [0.717, 1.165) is 10.9 Å². The molecule has 124 valence electrons. The number of para-hydroxylation sites is 1. The van der Waals surface area contributed by atoms with Gasteiger partial charge in [-0.2, -0.15) is 5.10 Å². The Morgan fingerprint density at radius 3 is 2.65 bits per heavy atom. The molecule has 1 aliphatic rings. The molecule has 1 aromatic carbocycles. The van der Waals surface area contributed by atoms with E-state index in [1.54, 1.807) is 0 Å². The van der Waals surface area contributed by atoms with Crippen molar-refractivity contribution in [3.8, 4) is 0 Å². The molecule has 0 radical (unpaired) electrons. The zero-order valence-corrected chi connectivity index (χ0v) is 14.6. The van der Waals surface area contributed by atoms with Gasteiger partial charge in [0.1, 0.15) is 0 Å². The van der Waals surface area contributed by atoms with Crippen molar-refractivity contribution in [1.29, 1.82) is 0 Å². The average molecular weight is 333 g/mol. The zero-order valence-electron chi connectivity index (χ0n) is 13.8. The summed E-state index contributed by atoms with van der Waals surface area (Å²) in [5.74, 6) is -0.0239. The van der Waals surface area contributed by atoms with Gasteiger partial charge in [0, 0.05) is 39.8 Å². The van der Waals surface area contributed by atoms with Crippen LogP contribution in [0.15, 0.2) is 30.5 Å². The molecule has 0 N–H and O–H groups in total. The normalized spacial score (nSPS) is 26.4. The van der Waals surface area contributed by atoms with E-state index >= 15 is 0 Å². The third-order valence-electron chi connectivity index (χ3n) is 4.48. The fraction of sp³-hybridized carbons (Fsp3) is 0.529. The molecule has 1 fully saturated rings. The lowest BCUT2D eigenvalue weighted by atomic mass is 10.1. The molecule has 3 rings (SSSR count). The van der Waals surface area contributed by atoms with Crippen LogP contribution in [-0.4, -0.2) is 48.4 Å². The highest BCUT2D eigenvalue weighted by Crippen LogP contribution is 2.19. The van der Waals surface area contributed by atoms with Crippen molar-refractivity contribution >= 4 is 27.6 Å². The lowest BCUT2D eigenvalue weighted by molar-refractivity contribution is -0.135. The van der Waals surface area contributed by atoms with E-state index < -0.39 is 10.8 Å². The Balaban J connectivity index is 1.71. The lowest BCUT2D eigenvalue weighted by Gasteiger charge is -2.35. The number of fused-ring (bicyclic) bond motifs is 1. The summed E-state index contributed by atoms with van der Waals surface area (Å²) in [5, 5.41) is 5.57. The summed E-state index contributed by atoms with van der Waals surface area (Å²) in [5.41, 5.74) is 1.05. The zero-order chi connectivity index (χ0) is 16.6. The standard InChI is InChI=1S/C17H23N3O2S/c1-12(9-20-16-7-5-4-6-15(16)8-18-20)17(21)19-10-13(2)23(22)14(3)11-19/h4-8,12-14H,9-11H2,1-3H3. The molecule has 1 amide bonds. The van der Waals surface area contributed by atoms with Gasteiger partial charge in [-0.15, -0.1) is 0 Å². The quantitative estimate of drug-likeness (QED) is 0.864. The fourth-order valence-corrected chi connectivity index (χ4v) is 4.69. The Kier molecular flexibility index (Phi) is 4.53. The lowest BCUT2D eigenvalue weighted by Crippen LogP contribution is -2.51. The van der Waals surface area contributed by atoms with Crippen LogP contribution in [-0.2, 0) is 22.1 Å². The van der Waals surface area contributed by atoms with E-state index in [-0.39, 0.29) is 22.3 Å². The molecule has 0 saturated carbocycles. The van der Waals surface area contributed by atoms with Gasteiger partial charge in [0.05, 0.1) is 24.2 Å². The molecule has 0 bridgehead atoms. The first-order valence-corrected chi connectivity index (χ1v) is 9.33. The number of amides is 1. The van der Waals surface area contributed by atoms with Crippen molar-refractivity contribution in [1.82, 2.24) is 14.7 Å². The summed E-state index contributed by atoms with van der Waals surface area (Å²) >= 11 is 0. The molecule has 1 aromatic heterocycles. The van der Waals surface area contributed by atoms with Crippen molar-refractivity contribution < 1.29 is 9.00 Å². The van der Waals surface area contributed by atoms with Gasteiger partial charge in [-0.25, -0.2) is 0 Å². The van der Waals surface area contributed by atoms with Crippen molar-refractivity contribution in [3.63, 3.8) is 0 Å². The largest absolute Gasteiger partial charge is 0.340 e. The maximum Gasteiger partial charge on any atom is 0.227 e. The number of rotatable bonds is 3. The van der Waals surface area contributed by atoms with Gasteiger partial charge in [-0.1, -0.05) is 25.1 Å². The summed E-state index contributed by atoms with van der Waals surface area (Å²) in [6, 6.07) is 8.01. The average Bonchev–Trinajstić information content (AvgIpc) is 2.94. The number of benzene rings is 1. The maximum absolute atomic E-state index is 12.7. The van der Waals surface area contributed by atoms with E-state index in [0.29, 0.717) is 19.6 Å². The van der Waals surface area contributed by atoms with Crippen LogP contribution in [0, 0.1) is 5.92 Å². The highest BCUT2D eigenvalue weighted by atomic mass is 32.2. The molecule has 5 nitrogen and oxygen atoms in total. The summed E-state index contributed by atoms with van der Waals surface area (Å²) in [6.07, 6.45) is 1.83. The SMILES string of the molecule is CC(Cn1ncc2ccccc21)C(=O)N1CC(C)S(=O)C(C)C1. The minimum absolute atomic E-state index is 0.0421. The summed E-state index contributed by atoms with van der Waals surface area (Å²) in [6.45, 7) is 7.59. The van der Waals surface area contributed by atoms with Gasteiger partial charge in [-0.05, 0) is 19.9 Å². The van der Waals surface area contributed by atoms with Crippen molar-refractivity contribution in [2.24, 2.45) is 5.92 Å². The highest BCUT2D eigenvalue weighted by Gasteiger charge is 2.33. The third kappa shape index (κ3) is 3.17. The van der Waals surface area contributed by atoms with Crippen LogP contribution in [0.5, 0.6) is 0 Å². The molecule has 1 saturated heterocycles. The minimum Gasteiger partial charge on any atom is -0.340 e. The van der Waals surface area contributed by atoms with Gasteiger partial charge < -0.3 is 4.90 Å². The third-order valence-corrected chi connectivity index (χ3v) is 6.36. The highest BCUT2D eigenvalue weighted by molar-refractivity contribution is 7.86. The van der Waals surface area contributed by atoms with Gasteiger partial charge >= 0.3 is 0 Å². The first-order chi connectivity index (χ1) is 11.0. The van der Waals surface area contributed by atoms with Crippen LogP contribution in [0.4, 0.5) is 0 Å². The Labute approximate surface area is 139 Å². The van der Waals surface area contributed by atoms with Gasteiger partial charge in [0.2, 0.25) is 5.91 Å². The second-order valence-electron chi connectivity index (χ2n) is 6.48. The van der Waals surface area contributed by atoms with Gasteiger partial charge in [-0.3, -0.25) is 13.7 Å². The first kappa shape index (κ1) is 16.2. The van der Waals surface area contributed by atoms with E-state index in [4.69, 9.17) is 0 Å². The molecule has 1 aliphatic heterocycles. The second kappa shape index (κ2) is 6.43. The van der Waals surface area contributed by atoms with Crippen molar-refractivity contribution in [2.75, 3.05) is 13.1 Å². The van der Waals surface area contributed by atoms with Crippen LogP contribution < -0.4 is 0 Å². The van der Waals surface area contributed by atoms with Crippen LogP contribution in [0.2, 0.25) is 0 Å². The number of nitrogens with zero attached hydrogens (tertiary/aromatic N) is 3. The van der Waals surface area contributed by atoms with E-state index in [9.17, 15) is 9.00 Å². The number of carbonyl (C=O) groups is 1. The molecule has 0 aliphatic carbocycles. The predicted octanol–water partition coefficient (Wildman–Crippen LogP) is 2.04. The summed E-state index contributed by atoms with van der Waals surface area (Å²) in [7, 11) is -0.842. The molecule has 6 heteroatoms. The molecule has 23 heavy (non-hydrogen) atoms. The molecule has 3 unspecified atom stereocenters. The van der Waals surface area contributed by atoms with Gasteiger partial charge in [0.15, 0.2) is 0 Å². The summed E-state index contributed by atoms with van der Waals surface area (Å²) < 4.78 is 13.9. The smallest absolute Gasteiger partial charge is 0.227 e. The molecule has 2 heterocycles. The van der Waals surface area contributed by atoms with Crippen molar-refractivity contribution in [3.05, 3.63) is 30.5 Å². The number of hydrogen-bond donors (Lipinski definition) is 0. The maximum atomic E-state index is 12.7. The van der Waals surface area contributed by atoms with Gasteiger partial charge in [0.25, 0.3) is 0 Å². The fourth-order valence-electron chi connectivity index (χ4n) is 3.24.